The lowest BCUT2D eigenvalue weighted by molar-refractivity contribution is 0.554. The van der Waals surface area contributed by atoms with Gasteiger partial charge in [0.05, 0.1) is 23.0 Å². The standard InChI is InChI=1S/C17H23N5O2S/c1-5-8-22-10-15(18-11-22)25(23,24)21-12-6-7-13-14(9-12)20-16(19-13)17(2,3)4/h6-7,9-11,21H,5,8H2,1-4H3,(H,19,20). The van der Waals surface area contributed by atoms with Gasteiger partial charge >= 0.3 is 0 Å². The summed E-state index contributed by atoms with van der Waals surface area (Å²) >= 11 is 0. The maximum atomic E-state index is 12.5. The lowest BCUT2D eigenvalue weighted by atomic mass is 9.96. The number of hydrogen-bond acceptors (Lipinski definition) is 4. The van der Waals surface area contributed by atoms with E-state index in [1.54, 1.807) is 22.8 Å². The predicted molar refractivity (Wildman–Crippen MR) is 98.1 cm³/mol. The third kappa shape index (κ3) is 3.68. The van der Waals surface area contributed by atoms with Crippen LogP contribution in [0.5, 0.6) is 0 Å². The topological polar surface area (TPSA) is 92.7 Å². The number of nitrogens with one attached hydrogen (secondary N) is 2. The molecule has 2 heterocycles. The van der Waals surface area contributed by atoms with Gasteiger partial charge in [0, 0.05) is 18.2 Å². The van der Waals surface area contributed by atoms with Gasteiger partial charge in [-0.25, -0.2) is 9.97 Å². The van der Waals surface area contributed by atoms with Gasteiger partial charge < -0.3 is 9.55 Å². The quantitative estimate of drug-likeness (QED) is 0.729. The summed E-state index contributed by atoms with van der Waals surface area (Å²) in [6.07, 6.45) is 3.99. The molecule has 0 bridgehead atoms. The average molecular weight is 361 g/mol. The van der Waals surface area contributed by atoms with Crippen molar-refractivity contribution in [2.24, 2.45) is 0 Å². The molecule has 2 aromatic heterocycles. The SMILES string of the molecule is CCCn1cnc(S(=O)(=O)Nc2ccc3nc(C(C)(C)C)[nH]c3c2)c1. The molecule has 0 fully saturated rings. The number of fused-ring (bicyclic) bond motifs is 1. The van der Waals surface area contributed by atoms with E-state index in [9.17, 15) is 8.42 Å². The van der Waals surface area contributed by atoms with Gasteiger partial charge in [-0.3, -0.25) is 4.72 Å². The van der Waals surface area contributed by atoms with Gasteiger partial charge in [0.15, 0.2) is 5.03 Å². The highest BCUT2D eigenvalue weighted by atomic mass is 32.2. The summed E-state index contributed by atoms with van der Waals surface area (Å²) in [5.74, 6) is 0.862. The average Bonchev–Trinajstić information content (AvgIpc) is 3.13. The number of aryl methyl sites for hydroxylation is 1. The summed E-state index contributed by atoms with van der Waals surface area (Å²) in [6.45, 7) is 8.97. The van der Waals surface area contributed by atoms with E-state index in [0.717, 1.165) is 29.8 Å². The molecule has 0 aliphatic heterocycles. The molecule has 0 aliphatic carbocycles. The van der Waals surface area contributed by atoms with E-state index in [2.05, 4.69) is 40.4 Å². The van der Waals surface area contributed by atoms with Gasteiger partial charge in [-0.2, -0.15) is 8.42 Å². The second kappa shape index (κ2) is 6.18. The Balaban J connectivity index is 1.88. The number of sulfonamides is 1. The maximum absolute atomic E-state index is 12.5. The molecule has 0 spiro atoms. The highest BCUT2D eigenvalue weighted by Gasteiger charge is 2.20. The van der Waals surface area contributed by atoms with Crippen molar-refractivity contribution in [1.29, 1.82) is 0 Å². The van der Waals surface area contributed by atoms with Crippen molar-refractivity contribution < 1.29 is 8.42 Å². The van der Waals surface area contributed by atoms with Crippen LogP contribution in [0.1, 0.15) is 39.9 Å². The van der Waals surface area contributed by atoms with E-state index in [1.165, 1.54) is 12.5 Å². The Labute approximate surface area is 147 Å². The number of H-pyrrole nitrogens is 1. The van der Waals surface area contributed by atoms with Crippen LogP contribution in [0, 0.1) is 0 Å². The third-order valence-corrected chi connectivity index (χ3v) is 5.08. The van der Waals surface area contributed by atoms with Crippen LogP contribution < -0.4 is 4.72 Å². The van der Waals surface area contributed by atoms with E-state index in [1.807, 2.05) is 6.92 Å². The largest absolute Gasteiger partial charge is 0.341 e. The number of benzene rings is 1. The smallest absolute Gasteiger partial charge is 0.280 e. The van der Waals surface area contributed by atoms with E-state index in [4.69, 9.17) is 0 Å². The summed E-state index contributed by atoms with van der Waals surface area (Å²) in [5.41, 5.74) is 1.97. The summed E-state index contributed by atoms with van der Waals surface area (Å²) in [5, 5.41) is 0.0149. The monoisotopic (exact) mass is 361 g/mol. The number of rotatable bonds is 5. The summed E-state index contributed by atoms with van der Waals surface area (Å²) in [4.78, 5) is 11.8. The number of aromatic amines is 1. The number of anilines is 1. The molecule has 0 amide bonds. The fourth-order valence-electron chi connectivity index (χ4n) is 2.49. The molecule has 0 saturated heterocycles. The fourth-order valence-corrected chi connectivity index (χ4v) is 3.50. The first-order chi connectivity index (χ1) is 11.7. The molecule has 0 atom stereocenters. The fraction of sp³-hybridized carbons (Fsp3) is 0.412. The molecule has 0 aliphatic rings. The first kappa shape index (κ1) is 17.5. The highest BCUT2D eigenvalue weighted by Crippen LogP contribution is 2.25. The Morgan fingerprint density at radius 2 is 2.04 bits per heavy atom. The Morgan fingerprint density at radius 1 is 1.28 bits per heavy atom. The van der Waals surface area contributed by atoms with Crippen molar-refractivity contribution in [2.75, 3.05) is 4.72 Å². The van der Waals surface area contributed by atoms with Gasteiger partial charge in [-0.1, -0.05) is 27.7 Å². The molecular weight excluding hydrogens is 338 g/mol. The predicted octanol–water partition coefficient (Wildman–Crippen LogP) is 3.27. The van der Waals surface area contributed by atoms with Crippen molar-refractivity contribution in [3.63, 3.8) is 0 Å². The van der Waals surface area contributed by atoms with Crippen molar-refractivity contribution in [3.8, 4) is 0 Å². The maximum Gasteiger partial charge on any atom is 0.280 e. The summed E-state index contributed by atoms with van der Waals surface area (Å²) < 4.78 is 29.4. The van der Waals surface area contributed by atoms with E-state index in [0.29, 0.717) is 5.69 Å². The van der Waals surface area contributed by atoms with Crippen LogP contribution in [0.3, 0.4) is 0 Å². The van der Waals surface area contributed by atoms with Crippen LogP contribution in [0.25, 0.3) is 11.0 Å². The molecule has 8 heteroatoms. The van der Waals surface area contributed by atoms with Crippen molar-refractivity contribution >= 4 is 26.7 Å². The minimum Gasteiger partial charge on any atom is -0.341 e. The normalized spacial score (nSPS) is 12.6. The van der Waals surface area contributed by atoms with Gasteiger partial charge in [0.25, 0.3) is 10.0 Å². The van der Waals surface area contributed by atoms with Gasteiger partial charge in [-0.15, -0.1) is 0 Å². The van der Waals surface area contributed by atoms with E-state index < -0.39 is 10.0 Å². The van der Waals surface area contributed by atoms with Crippen LogP contribution in [-0.4, -0.2) is 27.9 Å². The van der Waals surface area contributed by atoms with Crippen LogP contribution in [0.4, 0.5) is 5.69 Å². The molecule has 0 radical (unpaired) electrons. The molecule has 7 nitrogen and oxygen atoms in total. The van der Waals surface area contributed by atoms with E-state index >= 15 is 0 Å². The van der Waals surface area contributed by atoms with Crippen LogP contribution >= 0.6 is 0 Å². The molecule has 3 rings (SSSR count). The molecule has 134 valence electrons. The zero-order valence-corrected chi connectivity index (χ0v) is 15.7. The lowest BCUT2D eigenvalue weighted by Gasteiger charge is -2.13. The number of hydrogen-bond donors (Lipinski definition) is 2. The molecular formula is C17H23N5O2S. The van der Waals surface area contributed by atoms with Crippen LogP contribution in [0.15, 0.2) is 35.7 Å². The second-order valence-corrected chi connectivity index (χ2v) is 8.75. The lowest BCUT2D eigenvalue weighted by Crippen LogP contribution is -2.13. The van der Waals surface area contributed by atoms with Gasteiger partial charge in [0.1, 0.15) is 5.82 Å². The minimum absolute atomic E-state index is 0.0149. The molecule has 1 aromatic carbocycles. The molecule has 0 unspecified atom stereocenters. The highest BCUT2D eigenvalue weighted by molar-refractivity contribution is 7.92. The third-order valence-electron chi connectivity index (χ3n) is 3.81. The molecule has 2 N–H and O–H groups in total. The first-order valence-electron chi connectivity index (χ1n) is 8.24. The van der Waals surface area contributed by atoms with Gasteiger partial charge in [0.2, 0.25) is 0 Å². The summed E-state index contributed by atoms with van der Waals surface area (Å²) in [6, 6.07) is 5.25. The second-order valence-electron chi connectivity index (χ2n) is 7.12. The van der Waals surface area contributed by atoms with Gasteiger partial charge in [-0.05, 0) is 24.6 Å². The number of nitrogens with zero attached hydrogens (tertiary/aromatic N) is 3. The van der Waals surface area contributed by atoms with E-state index in [-0.39, 0.29) is 10.4 Å². The first-order valence-corrected chi connectivity index (χ1v) is 9.72. The zero-order valence-electron chi connectivity index (χ0n) is 14.9. The van der Waals surface area contributed by atoms with Crippen LogP contribution in [0.2, 0.25) is 0 Å². The Kier molecular flexibility index (Phi) is 4.32. The number of imidazole rings is 2. The minimum atomic E-state index is -3.72. The van der Waals surface area contributed by atoms with Crippen LogP contribution in [-0.2, 0) is 22.0 Å². The molecule has 3 aromatic rings. The summed E-state index contributed by atoms with van der Waals surface area (Å²) in [7, 11) is -3.72. The van der Waals surface area contributed by atoms with Crippen molar-refractivity contribution in [2.45, 2.75) is 51.1 Å². The van der Waals surface area contributed by atoms with Crippen molar-refractivity contribution in [3.05, 3.63) is 36.5 Å². The molecule has 0 saturated carbocycles. The Morgan fingerprint density at radius 3 is 2.72 bits per heavy atom. The Bertz CT molecular complexity index is 996. The van der Waals surface area contributed by atoms with Crippen molar-refractivity contribution in [1.82, 2.24) is 19.5 Å². The molecule has 25 heavy (non-hydrogen) atoms. The number of aromatic nitrogens is 4. The Hall–Kier alpha value is -2.35. The zero-order chi connectivity index (χ0) is 18.2.